The minimum atomic E-state index is -1.83. The van der Waals surface area contributed by atoms with Crippen LogP contribution < -0.4 is 0 Å². The normalized spacial score (nSPS) is 18.2. The highest BCUT2D eigenvalue weighted by molar-refractivity contribution is 6.74. The van der Waals surface area contributed by atoms with Crippen molar-refractivity contribution in [3.63, 3.8) is 0 Å². The molecule has 1 aliphatic rings. The van der Waals surface area contributed by atoms with E-state index in [1.807, 2.05) is 6.08 Å². The third kappa shape index (κ3) is 3.01. The smallest absolute Gasteiger partial charge is 0.192 e. The van der Waals surface area contributed by atoms with Crippen LogP contribution in [0.2, 0.25) is 18.1 Å². The summed E-state index contributed by atoms with van der Waals surface area (Å²) < 4.78 is 6.80. The molecule has 0 heterocycles. The SMILES string of the molecule is C=CC1=Cc2c(ccc3ccccc23)C(O[Si](C)(C)C(C)(C)C)C1. The Kier molecular flexibility index (Phi) is 4.31. The van der Waals surface area contributed by atoms with Crippen LogP contribution in [-0.2, 0) is 4.43 Å². The van der Waals surface area contributed by atoms with E-state index in [0.29, 0.717) is 0 Å². The van der Waals surface area contributed by atoms with Crippen LogP contribution in [0.3, 0.4) is 0 Å². The van der Waals surface area contributed by atoms with Gasteiger partial charge in [0.05, 0.1) is 6.10 Å². The van der Waals surface area contributed by atoms with Gasteiger partial charge in [0.25, 0.3) is 0 Å². The Hall–Kier alpha value is -1.64. The van der Waals surface area contributed by atoms with E-state index in [-0.39, 0.29) is 11.1 Å². The maximum atomic E-state index is 6.80. The van der Waals surface area contributed by atoms with Crippen molar-refractivity contribution in [1.82, 2.24) is 0 Å². The third-order valence-electron chi connectivity index (χ3n) is 5.61. The first-order valence-electron chi connectivity index (χ1n) is 8.75. The van der Waals surface area contributed by atoms with Gasteiger partial charge in [-0.25, -0.2) is 0 Å². The van der Waals surface area contributed by atoms with Crippen molar-refractivity contribution in [3.05, 3.63) is 65.8 Å². The molecular weight excluding hydrogens is 308 g/mol. The van der Waals surface area contributed by atoms with Gasteiger partial charge in [0, 0.05) is 6.42 Å². The third-order valence-corrected chi connectivity index (χ3v) is 10.1. The van der Waals surface area contributed by atoms with Gasteiger partial charge in [-0.1, -0.05) is 75.9 Å². The highest BCUT2D eigenvalue weighted by Crippen LogP contribution is 2.44. The molecule has 0 fully saturated rings. The van der Waals surface area contributed by atoms with E-state index in [9.17, 15) is 0 Å². The van der Waals surface area contributed by atoms with E-state index in [1.54, 1.807) is 0 Å². The van der Waals surface area contributed by atoms with Crippen LogP contribution >= 0.6 is 0 Å². The molecule has 0 amide bonds. The number of rotatable bonds is 3. The molecule has 0 radical (unpaired) electrons. The highest BCUT2D eigenvalue weighted by Gasteiger charge is 2.40. The molecule has 2 aromatic carbocycles. The first-order chi connectivity index (χ1) is 11.2. The van der Waals surface area contributed by atoms with Gasteiger partial charge in [0.1, 0.15) is 0 Å². The zero-order chi connectivity index (χ0) is 17.5. The van der Waals surface area contributed by atoms with E-state index < -0.39 is 8.32 Å². The molecule has 1 unspecified atom stereocenters. The van der Waals surface area contributed by atoms with Gasteiger partial charge in [-0.2, -0.15) is 0 Å². The fourth-order valence-electron chi connectivity index (χ4n) is 3.10. The second kappa shape index (κ2) is 6.02. The lowest BCUT2D eigenvalue weighted by atomic mass is 9.87. The number of hydrogen-bond acceptors (Lipinski definition) is 1. The molecule has 1 aliphatic carbocycles. The molecule has 0 N–H and O–H groups in total. The van der Waals surface area contributed by atoms with Crippen molar-refractivity contribution < 1.29 is 4.43 Å². The first-order valence-corrected chi connectivity index (χ1v) is 11.7. The summed E-state index contributed by atoms with van der Waals surface area (Å²) in [6, 6.07) is 13.1. The standard InChI is InChI=1S/C22H28OSi/c1-7-16-14-20-18-11-9-8-10-17(18)12-13-19(20)21(15-16)23-24(5,6)22(2,3)4/h7-14,21H,1,15H2,2-6H3. The van der Waals surface area contributed by atoms with Crippen molar-refractivity contribution in [2.24, 2.45) is 0 Å². The van der Waals surface area contributed by atoms with Gasteiger partial charge in [-0.3, -0.25) is 0 Å². The summed E-state index contributed by atoms with van der Waals surface area (Å²) in [6.07, 6.45) is 5.31. The summed E-state index contributed by atoms with van der Waals surface area (Å²) in [5, 5.41) is 2.79. The number of fused-ring (bicyclic) bond motifs is 3. The minimum Gasteiger partial charge on any atom is -0.410 e. The lowest BCUT2D eigenvalue weighted by Gasteiger charge is -2.40. The Bertz CT molecular complexity index is 808. The van der Waals surface area contributed by atoms with Crippen molar-refractivity contribution in [3.8, 4) is 0 Å². The molecule has 0 saturated carbocycles. The Balaban J connectivity index is 2.11. The zero-order valence-electron chi connectivity index (χ0n) is 15.5. The average molecular weight is 337 g/mol. The van der Waals surface area contributed by atoms with Crippen LogP contribution in [0.15, 0.2) is 54.6 Å². The fourth-order valence-corrected chi connectivity index (χ4v) is 4.38. The van der Waals surface area contributed by atoms with Crippen molar-refractivity contribution in [2.75, 3.05) is 0 Å². The second-order valence-corrected chi connectivity index (χ2v) is 13.0. The topological polar surface area (TPSA) is 9.23 Å². The van der Waals surface area contributed by atoms with Gasteiger partial charge >= 0.3 is 0 Å². The molecule has 0 saturated heterocycles. The highest BCUT2D eigenvalue weighted by atomic mass is 28.4. The van der Waals surface area contributed by atoms with E-state index >= 15 is 0 Å². The van der Waals surface area contributed by atoms with Gasteiger partial charge < -0.3 is 4.43 Å². The van der Waals surface area contributed by atoms with E-state index in [4.69, 9.17) is 4.43 Å². The number of benzene rings is 2. The van der Waals surface area contributed by atoms with E-state index in [1.165, 1.54) is 27.5 Å². The molecule has 0 spiro atoms. The molecule has 2 heteroatoms. The van der Waals surface area contributed by atoms with E-state index in [0.717, 1.165) is 6.42 Å². The molecule has 0 bridgehead atoms. The monoisotopic (exact) mass is 336 g/mol. The summed E-state index contributed by atoms with van der Waals surface area (Å²) in [4.78, 5) is 0. The van der Waals surface area contributed by atoms with Crippen LogP contribution in [-0.4, -0.2) is 8.32 Å². The Morgan fingerprint density at radius 1 is 1.12 bits per heavy atom. The summed E-state index contributed by atoms with van der Waals surface area (Å²) in [6.45, 7) is 15.6. The molecular formula is C22H28OSi. The number of allylic oxidation sites excluding steroid dienone is 1. The van der Waals surface area contributed by atoms with Gasteiger partial charge in [-0.15, -0.1) is 0 Å². The summed E-state index contributed by atoms with van der Waals surface area (Å²) >= 11 is 0. The van der Waals surface area contributed by atoms with Crippen LogP contribution in [0.1, 0.15) is 44.4 Å². The molecule has 0 aliphatic heterocycles. The average Bonchev–Trinajstić information content (AvgIpc) is 2.53. The van der Waals surface area contributed by atoms with Crippen LogP contribution in [0.25, 0.3) is 16.8 Å². The quantitative estimate of drug-likeness (QED) is 0.555. The summed E-state index contributed by atoms with van der Waals surface area (Å²) in [7, 11) is -1.83. The maximum absolute atomic E-state index is 6.80. The molecule has 24 heavy (non-hydrogen) atoms. The molecule has 126 valence electrons. The maximum Gasteiger partial charge on any atom is 0.192 e. The first kappa shape index (κ1) is 17.2. The van der Waals surface area contributed by atoms with Crippen molar-refractivity contribution in [1.29, 1.82) is 0 Å². The fraction of sp³-hybridized carbons (Fsp3) is 0.364. The van der Waals surface area contributed by atoms with Crippen molar-refractivity contribution in [2.45, 2.75) is 51.4 Å². The summed E-state index contributed by atoms with van der Waals surface area (Å²) in [5.74, 6) is 0. The molecule has 1 atom stereocenters. The molecule has 3 rings (SSSR count). The Morgan fingerprint density at radius 3 is 2.50 bits per heavy atom. The van der Waals surface area contributed by atoms with Crippen LogP contribution in [0.4, 0.5) is 0 Å². The van der Waals surface area contributed by atoms with E-state index in [2.05, 4.69) is 82.9 Å². The van der Waals surface area contributed by atoms with Crippen molar-refractivity contribution >= 4 is 25.2 Å². The predicted molar refractivity (Wildman–Crippen MR) is 108 cm³/mol. The molecule has 0 aromatic heterocycles. The van der Waals surface area contributed by atoms with Gasteiger partial charge in [0.2, 0.25) is 0 Å². The molecule has 1 nitrogen and oxygen atoms in total. The predicted octanol–water partition coefficient (Wildman–Crippen LogP) is 6.88. The second-order valence-electron chi connectivity index (χ2n) is 8.28. The Morgan fingerprint density at radius 2 is 1.83 bits per heavy atom. The van der Waals surface area contributed by atoms with Crippen LogP contribution in [0.5, 0.6) is 0 Å². The zero-order valence-corrected chi connectivity index (χ0v) is 16.5. The minimum absolute atomic E-state index is 0.128. The van der Waals surface area contributed by atoms with Gasteiger partial charge in [-0.05, 0) is 45.6 Å². The lowest BCUT2D eigenvalue weighted by molar-refractivity contribution is 0.183. The lowest BCUT2D eigenvalue weighted by Crippen LogP contribution is -2.42. The largest absolute Gasteiger partial charge is 0.410 e. The number of hydrogen-bond donors (Lipinski definition) is 0. The Labute approximate surface area is 147 Å². The summed E-state index contributed by atoms with van der Waals surface area (Å²) in [5.41, 5.74) is 3.89. The van der Waals surface area contributed by atoms with Gasteiger partial charge in [0.15, 0.2) is 8.32 Å². The van der Waals surface area contributed by atoms with Crippen LogP contribution in [0, 0.1) is 0 Å². The molecule has 2 aromatic rings.